The van der Waals surface area contributed by atoms with Crippen LogP contribution in [0.2, 0.25) is 0 Å². The molecule has 0 aromatic rings. The number of carbonyl (C=O) groups excluding carboxylic acids is 5. The molecule has 1 saturated carbocycles. The second-order valence-corrected chi connectivity index (χ2v) is 21.6. The molecule has 0 radical (unpaired) electrons. The first-order valence-electron chi connectivity index (χ1n) is 24.8. The number of ketones is 3. The van der Waals surface area contributed by atoms with Crippen molar-refractivity contribution in [2.75, 3.05) is 32.6 Å². The van der Waals surface area contributed by atoms with Crippen LogP contribution < -0.4 is 0 Å². The molecule has 4 aliphatic rings. The summed E-state index contributed by atoms with van der Waals surface area (Å²) in [7, 11) is 1.72. The third kappa shape index (κ3) is 15.8. The predicted octanol–water partition coefficient (Wildman–Crippen LogP) is 7.56. The Morgan fingerprint density at radius 1 is 0.894 bits per heavy atom. The van der Waals surface area contributed by atoms with Gasteiger partial charge in [-0.25, -0.2) is 4.79 Å². The molecule has 3 aliphatic heterocycles. The summed E-state index contributed by atoms with van der Waals surface area (Å²) < 4.78 is 31.6. The van der Waals surface area contributed by atoms with Gasteiger partial charge in [0.1, 0.15) is 29.5 Å². The first kappa shape index (κ1) is 55.6. The second kappa shape index (κ2) is 26.7. The molecule has 3 saturated heterocycles. The number of aliphatic hydroxyl groups is 2. The number of rotatable bonds is 23. The van der Waals surface area contributed by atoms with Gasteiger partial charge in [0.25, 0.3) is 11.7 Å². The molecule has 0 spiro atoms. The Labute approximate surface area is 398 Å². The zero-order chi connectivity index (χ0) is 48.7. The van der Waals surface area contributed by atoms with Gasteiger partial charge in [-0.1, -0.05) is 89.5 Å². The highest BCUT2D eigenvalue weighted by Crippen LogP contribution is 2.35. The third-order valence-electron chi connectivity index (χ3n) is 14.7. The fourth-order valence-corrected chi connectivity index (χ4v) is 11.5. The highest BCUT2D eigenvalue weighted by Gasteiger charge is 2.51. The fourth-order valence-electron chi connectivity index (χ4n) is 10.0. The number of piperidine rings is 1. The fraction of sp³-hybridized carbons (Fsp3) is 0.750. The molecule has 2 N–H and O–H groups in total. The maximum atomic E-state index is 14.1. The SMILES string of the molecule is COC1CCCC(C[C@@H](C)[C@H](CC(=O)[C@H](C)/C=C(\C)C(O)CC(=O)C(C)C[C@H](C)/C=C/C=C/C=C(\C)C(C)N2CCC[S+]2[O-])OC(=O)C2CCCCN2C(=O)C(=O)C2(O)OCCCC2C)C1. The lowest BCUT2D eigenvalue weighted by Gasteiger charge is -2.39. The second-order valence-electron chi connectivity index (χ2n) is 20.1. The van der Waals surface area contributed by atoms with E-state index in [1.165, 1.54) is 4.90 Å². The van der Waals surface area contributed by atoms with E-state index in [9.17, 15) is 38.7 Å². The van der Waals surface area contributed by atoms with Crippen LogP contribution in [0.15, 0.2) is 47.6 Å². The van der Waals surface area contributed by atoms with Crippen molar-refractivity contribution in [2.45, 2.75) is 181 Å². The van der Waals surface area contributed by atoms with Crippen molar-refractivity contribution in [3.63, 3.8) is 0 Å². The number of aliphatic hydroxyl groups excluding tert-OH is 1. The molecule has 0 aromatic carbocycles. The Morgan fingerprint density at radius 2 is 1.64 bits per heavy atom. The van der Waals surface area contributed by atoms with Crippen LogP contribution in [0.3, 0.4) is 0 Å². The number of likely N-dealkylation sites (tertiary alicyclic amines) is 1. The van der Waals surface area contributed by atoms with Crippen LogP contribution in [0.5, 0.6) is 0 Å². The molecular formula is C52H82N2O11S. The van der Waals surface area contributed by atoms with Crippen LogP contribution in [0, 0.1) is 35.5 Å². The summed E-state index contributed by atoms with van der Waals surface area (Å²) in [6, 6.07) is -0.936. The molecule has 0 aromatic heterocycles. The van der Waals surface area contributed by atoms with Gasteiger partial charge in [0, 0.05) is 68.6 Å². The van der Waals surface area contributed by atoms with Crippen LogP contribution in [-0.2, 0) is 49.5 Å². The van der Waals surface area contributed by atoms with E-state index in [4.69, 9.17) is 14.2 Å². The molecule has 13 nitrogen and oxygen atoms in total. The van der Waals surface area contributed by atoms with E-state index in [-0.39, 0.29) is 73.9 Å². The van der Waals surface area contributed by atoms with Gasteiger partial charge >= 0.3 is 5.97 Å². The van der Waals surface area contributed by atoms with Gasteiger partial charge in [0.05, 0.1) is 24.9 Å². The number of nitrogens with zero attached hydrogens (tertiary/aromatic N) is 2. The van der Waals surface area contributed by atoms with E-state index in [2.05, 4.69) is 19.9 Å². The van der Waals surface area contributed by atoms with Crippen LogP contribution in [0.25, 0.3) is 0 Å². The first-order chi connectivity index (χ1) is 31.3. The van der Waals surface area contributed by atoms with Crippen LogP contribution in [0.4, 0.5) is 0 Å². The van der Waals surface area contributed by atoms with E-state index in [0.29, 0.717) is 50.0 Å². The summed E-state index contributed by atoms with van der Waals surface area (Å²) in [6.07, 6.45) is 18.6. The Bertz CT molecular complexity index is 1760. The van der Waals surface area contributed by atoms with Gasteiger partial charge in [-0.2, -0.15) is 0 Å². The number of methoxy groups -OCH3 is 1. The van der Waals surface area contributed by atoms with E-state index >= 15 is 0 Å². The molecule has 1 aliphatic carbocycles. The quantitative estimate of drug-likeness (QED) is 0.0338. The molecule has 0 bridgehead atoms. The number of ether oxygens (including phenoxy) is 3. The van der Waals surface area contributed by atoms with E-state index in [1.807, 2.05) is 49.4 Å². The van der Waals surface area contributed by atoms with Crippen molar-refractivity contribution in [3.8, 4) is 0 Å². The lowest BCUT2D eigenvalue weighted by atomic mass is 9.79. The highest BCUT2D eigenvalue weighted by atomic mass is 32.2. The average molecular weight is 943 g/mol. The monoisotopic (exact) mass is 943 g/mol. The number of Topliss-reactive ketones (excluding diaryl/α,β-unsaturated/α-hetero) is 3. The lowest BCUT2D eigenvalue weighted by Crippen LogP contribution is -2.59. The summed E-state index contributed by atoms with van der Waals surface area (Å²) in [4.78, 5) is 69.8. The Morgan fingerprint density at radius 3 is 2.32 bits per heavy atom. The van der Waals surface area contributed by atoms with Gasteiger partial charge < -0.3 is 33.9 Å². The molecule has 3 heterocycles. The maximum Gasteiger partial charge on any atom is 0.329 e. The number of hydrogen-bond donors (Lipinski definition) is 2. The number of allylic oxidation sites excluding steroid dienone is 6. The van der Waals surface area contributed by atoms with E-state index < -0.39 is 64.9 Å². The molecule has 1 amide bonds. The van der Waals surface area contributed by atoms with Crippen molar-refractivity contribution >= 4 is 40.6 Å². The van der Waals surface area contributed by atoms with Gasteiger partial charge in [-0.15, -0.1) is 4.31 Å². The molecule has 4 fully saturated rings. The normalized spacial score (nSPS) is 29.3. The van der Waals surface area contributed by atoms with Crippen molar-refractivity contribution < 1.29 is 52.9 Å². The molecular weight excluding hydrogens is 861 g/mol. The van der Waals surface area contributed by atoms with Crippen molar-refractivity contribution in [3.05, 3.63) is 47.6 Å². The molecule has 14 heteroatoms. The van der Waals surface area contributed by atoms with Crippen molar-refractivity contribution in [1.82, 2.24) is 9.21 Å². The van der Waals surface area contributed by atoms with Gasteiger partial charge in [0.2, 0.25) is 5.79 Å². The van der Waals surface area contributed by atoms with Crippen LogP contribution >= 0.6 is 0 Å². The minimum absolute atomic E-state index is 0.0667. The third-order valence-corrected chi connectivity index (χ3v) is 16.4. The zero-order valence-corrected chi connectivity index (χ0v) is 42.2. The molecule has 4 rings (SSSR count). The highest BCUT2D eigenvalue weighted by molar-refractivity contribution is 7.89. The minimum Gasteiger partial charge on any atom is -0.598 e. The number of esters is 1. The number of amides is 1. The summed E-state index contributed by atoms with van der Waals surface area (Å²) in [6.45, 7) is 16.3. The zero-order valence-electron chi connectivity index (χ0n) is 41.4. The maximum absolute atomic E-state index is 14.1. The molecule has 66 heavy (non-hydrogen) atoms. The van der Waals surface area contributed by atoms with Crippen molar-refractivity contribution in [2.24, 2.45) is 35.5 Å². The summed E-state index contributed by atoms with van der Waals surface area (Å²) in [5.41, 5.74) is 1.65. The van der Waals surface area contributed by atoms with E-state index in [1.54, 1.807) is 34.0 Å². The Balaban J connectivity index is 1.36. The summed E-state index contributed by atoms with van der Waals surface area (Å²) in [5.74, 6) is -5.83. The standard InChI is InChI=1S/C52H82N2O11S/c1-34(18-11-10-12-19-35(2)41(8)54-25-17-27-66(54)62)28-36(3)45(55)32-46(56)37(4)29-38(5)47(57)33-48(39(6)30-42-21-15-22-43(31-42)63-9)65-51(60)44-23-13-14-24-53(44)50(59)49(58)52(61)40(7)20-16-26-64-52/h10-12,18-19,29,34,36,38-44,46,48,56,61H,13-17,20-28,30-33H2,1-9H3/b12-10+,18-11+,35-19+,37-29+/t34-,36?,38-,39-,40?,41?,42?,43?,44?,46?,48+,52?,66?/m1/s1. The van der Waals surface area contributed by atoms with E-state index in [0.717, 1.165) is 50.0 Å². The van der Waals surface area contributed by atoms with Crippen LogP contribution in [0.1, 0.15) is 145 Å². The molecule has 13 atom stereocenters. The largest absolute Gasteiger partial charge is 0.598 e. The van der Waals surface area contributed by atoms with Crippen LogP contribution in [-0.4, -0.2) is 122 Å². The Hall–Kier alpha value is -2.98. The predicted molar refractivity (Wildman–Crippen MR) is 257 cm³/mol. The number of carbonyl (C=O) groups is 5. The number of hydrogen-bond acceptors (Lipinski definition) is 12. The average Bonchev–Trinajstić information content (AvgIpc) is 3.73. The van der Waals surface area contributed by atoms with Crippen molar-refractivity contribution in [1.29, 1.82) is 0 Å². The minimum atomic E-state index is -2.25. The lowest BCUT2D eigenvalue weighted by molar-refractivity contribution is -0.241. The van der Waals surface area contributed by atoms with Gasteiger partial charge in [0.15, 0.2) is 0 Å². The Kier molecular flexibility index (Phi) is 22.5. The van der Waals surface area contributed by atoms with Gasteiger partial charge in [-0.3, -0.25) is 19.2 Å². The summed E-state index contributed by atoms with van der Waals surface area (Å²) in [5, 5.41) is 22.3. The smallest absolute Gasteiger partial charge is 0.329 e. The summed E-state index contributed by atoms with van der Waals surface area (Å²) >= 11 is -0.906. The first-order valence-corrected chi connectivity index (χ1v) is 26.1. The molecule has 9 unspecified atom stereocenters. The molecule has 372 valence electrons. The topological polar surface area (TPSA) is 183 Å². The van der Waals surface area contributed by atoms with Gasteiger partial charge in [-0.05, 0) is 102 Å².